The fourth-order valence-corrected chi connectivity index (χ4v) is 4.18. The summed E-state index contributed by atoms with van der Waals surface area (Å²) in [6, 6.07) is 12.4. The molecule has 1 aliphatic rings. The number of aliphatic hydroxyl groups is 1. The molecule has 4 rings (SSSR count). The van der Waals surface area contributed by atoms with Crippen molar-refractivity contribution in [2.75, 3.05) is 25.2 Å². The minimum atomic E-state index is -0.977. The van der Waals surface area contributed by atoms with Gasteiger partial charge in [0.2, 0.25) is 0 Å². The highest BCUT2D eigenvalue weighted by molar-refractivity contribution is 6.51. The molecule has 2 aromatic carbocycles. The molecule has 9 nitrogen and oxygen atoms in total. The third kappa shape index (κ3) is 5.16. The molecular weight excluding hydrogens is 476 g/mol. The highest BCUT2D eigenvalue weighted by Crippen LogP contribution is 2.44. The first kappa shape index (κ1) is 25.8. The Bertz CT molecular complexity index is 1310. The Morgan fingerprint density at radius 3 is 2.43 bits per heavy atom. The number of benzene rings is 2. The van der Waals surface area contributed by atoms with E-state index in [-0.39, 0.29) is 17.2 Å². The van der Waals surface area contributed by atoms with Gasteiger partial charge in [-0.3, -0.25) is 14.5 Å². The van der Waals surface area contributed by atoms with Gasteiger partial charge in [-0.2, -0.15) is 0 Å². The maximum Gasteiger partial charge on any atom is 0.301 e. The van der Waals surface area contributed by atoms with Gasteiger partial charge in [0, 0.05) is 11.6 Å². The van der Waals surface area contributed by atoms with E-state index >= 15 is 0 Å². The summed E-state index contributed by atoms with van der Waals surface area (Å²) in [6.07, 6.45) is 1.87. The molecule has 9 heteroatoms. The SMILES string of the molecule is CCCCOc1ccc(C2C(=C(O)c3ccc(OCC)cc3)C(=O)C(=O)N2c2cc(C)on2)cc1OC. The molecule has 1 aromatic heterocycles. The summed E-state index contributed by atoms with van der Waals surface area (Å²) in [7, 11) is 1.52. The smallest absolute Gasteiger partial charge is 0.301 e. The Kier molecular flexibility index (Phi) is 7.81. The van der Waals surface area contributed by atoms with Crippen LogP contribution >= 0.6 is 0 Å². The molecule has 0 spiro atoms. The molecule has 1 saturated heterocycles. The molecule has 1 fully saturated rings. The van der Waals surface area contributed by atoms with E-state index in [1.54, 1.807) is 55.5 Å². The molecule has 0 bridgehead atoms. The zero-order valence-electron chi connectivity index (χ0n) is 21.3. The predicted molar refractivity (Wildman–Crippen MR) is 137 cm³/mol. The highest BCUT2D eigenvalue weighted by atomic mass is 16.5. The van der Waals surface area contributed by atoms with Gasteiger partial charge in [0.05, 0.1) is 31.9 Å². The van der Waals surface area contributed by atoms with E-state index in [1.807, 2.05) is 6.92 Å². The molecule has 0 aliphatic carbocycles. The zero-order chi connectivity index (χ0) is 26.5. The summed E-state index contributed by atoms with van der Waals surface area (Å²) in [5, 5.41) is 15.3. The fraction of sp³-hybridized carbons (Fsp3) is 0.321. The van der Waals surface area contributed by atoms with E-state index in [0.717, 1.165) is 12.8 Å². The van der Waals surface area contributed by atoms with E-state index in [1.165, 1.54) is 12.0 Å². The number of Topliss-reactive ketones (excluding diaryl/α,β-unsaturated/α-hetero) is 1. The lowest BCUT2D eigenvalue weighted by Gasteiger charge is -2.24. The Morgan fingerprint density at radius 2 is 1.81 bits per heavy atom. The highest BCUT2D eigenvalue weighted by Gasteiger charge is 2.48. The summed E-state index contributed by atoms with van der Waals surface area (Å²) in [4.78, 5) is 27.8. The van der Waals surface area contributed by atoms with Crippen LogP contribution in [0, 0.1) is 6.92 Å². The molecule has 37 heavy (non-hydrogen) atoms. The van der Waals surface area contributed by atoms with Gasteiger partial charge in [-0.1, -0.05) is 24.6 Å². The number of amides is 1. The molecule has 1 unspecified atom stereocenters. The van der Waals surface area contributed by atoms with Gasteiger partial charge in [-0.25, -0.2) is 0 Å². The molecule has 1 amide bonds. The Morgan fingerprint density at radius 1 is 1.05 bits per heavy atom. The van der Waals surface area contributed by atoms with E-state index in [4.69, 9.17) is 18.7 Å². The molecule has 2 heterocycles. The number of carbonyl (C=O) groups is 2. The Hall–Kier alpha value is -4.27. The van der Waals surface area contributed by atoms with Crippen LogP contribution in [0.2, 0.25) is 0 Å². The summed E-state index contributed by atoms with van der Waals surface area (Å²) < 4.78 is 22.1. The predicted octanol–water partition coefficient (Wildman–Crippen LogP) is 5.20. The van der Waals surface area contributed by atoms with Crippen molar-refractivity contribution in [3.8, 4) is 17.2 Å². The van der Waals surface area contributed by atoms with E-state index in [9.17, 15) is 14.7 Å². The molecular formula is C28H30N2O7. The van der Waals surface area contributed by atoms with Gasteiger partial charge < -0.3 is 23.8 Å². The molecule has 1 aliphatic heterocycles. The van der Waals surface area contributed by atoms with E-state index < -0.39 is 17.7 Å². The first-order valence-electron chi connectivity index (χ1n) is 12.2. The number of anilines is 1. The van der Waals surface area contributed by atoms with Gasteiger partial charge in [-0.05, 0) is 62.2 Å². The number of carbonyl (C=O) groups excluding carboxylic acids is 2. The van der Waals surface area contributed by atoms with Crippen LogP contribution in [0.3, 0.4) is 0 Å². The van der Waals surface area contributed by atoms with Crippen molar-refractivity contribution in [1.29, 1.82) is 0 Å². The van der Waals surface area contributed by atoms with Crippen LogP contribution in [0.25, 0.3) is 5.76 Å². The largest absolute Gasteiger partial charge is 0.507 e. The van der Waals surface area contributed by atoms with Crippen molar-refractivity contribution in [2.45, 2.75) is 39.7 Å². The second-order valence-corrected chi connectivity index (χ2v) is 8.53. The lowest BCUT2D eigenvalue weighted by molar-refractivity contribution is -0.132. The molecule has 0 radical (unpaired) electrons. The molecule has 194 valence electrons. The van der Waals surface area contributed by atoms with Crippen LogP contribution < -0.4 is 19.1 Å². The van der Waals surface area contributed by atoms with Crippen molar-refractivity contribution in [3.05, 3.63) is 71.0 Å². The number of ether oxygens (including phenoxy) is 3. The summed E-state index contributed by atoms with van der Waals surface area (Å²) in [5.74, 6) is 0.273. The van der Waals surface area contributed by atoms with Crippen molar-refractivity contribution >= 4 is 23.3 Å². The quantitative estimate of drug-likeness (QED) is 0.173. The Balaban J connectivity index is 1.84. The maximum atomic E-state index is 13.3. The number of unbranched alkanes of at least 4 members (excludes halogenated alkanes) is 1. The number of rotatable bonds is 10. The monoisotopic (exact) mass is 506 g/mol. The van der Waals surface area contributed by atoms with Crippen LogP contribution in [0.5, 0.6) is 17.2 Å². The van der Waals surface area contributed by atoms with Crippen molar-refractivity contribution in [2.24, 2.45) is 0 Å². The van der Waals surface area contributed by atoms with Crippen LogP contribution in [0.4, 0.5) is 5.82 Å². The normalized spacial score (nSPS) is 16.8. The number of aliphatic hydroxyl groups excluding tert-OH is 1. The lowest BCUT2D eigenvalue weighted by Crippen LogP contribution is -2.29. The summed E-state index contributed by atoms with van der Waals surface area (Å²) in [5.41, 5.74) is 0.831. The van der Waals surface area contributed by atoms with Gasteiger partial charge in [0.25, 0.3) is 5.78 Å². The molecule has 1 atom stereocenters. The first-order valence-corrected chi connectivity index (χ1v) is 12.2. The number of aromatic nitrogens is 1. The summed E-state index contributed by atoms with van der Waals surface area (Å²) in [6.45, 7) is 6.65. The average Bonchev–Trinajstić information content (AvgIpc) is 3.44. The fourth-order valence-electron chi connectivity index (χ4n) is 4.18. The third-order valence-corrected chi connectivity index (χ3v) is 6.00. The van der Waals surface area contributed by atoms with E-state index in [0.29, 0.717) is 47.3 Å². The minimum absolute atomic E-state index is 0.0727. The van der Waals surface area contributed by atoms with Crippen molar-refractivity contribution < 1.29 is 33.4 Å². The van der Waals surface area contributed by atoms with Gasteiger partial charge in [-0.15, -0.1) is 0 Å². The Labute approximate surface area is 215 Å². The second kappa shape index (κ2) is 11.2. The van der Waals surface area contributed by atoms with Crippen molar-refractivity contribution in [1.82, 2.24) is 5.16 Å². The number of methoxy groups -OCH3 is 1. The first-order chi connectivity index (χ1) is 17.9. The molecule has 1 N–H and O–H groups in total. The van der Waals surface area contributed by atoms with Gasteiger partial charge >= 0.3 is 5.91 Å². The van der Waals surface area contributed by atoms with E-state index in [2.05, 4.69) is 12.1 Å². The number of nitrogens with zero attached hydrogens (tertiary/aromatic N) is 2. The van der Waals surface area contributed by atoms with Crippen molar-refractivity contribution in [3.63, 3.8) is 0 Å². The number of hydrogen-bond acceptors (Lipinski definition) is 8. The third-order valence-electron chi connectivity index (χ3n) is 6.00. The summed E-state index contributed by atoms with van der Waals surface area (Å²) >= 11 is 0. The van der Waals surface area contributed by atoms with Crippen LogP contribution in [0.1, 0.15) is 49.6 Å². The number of hydrogen-bond donors (Lipinski definition) is 1. The number of ketones is 1. The molecule has 0 saturated carbocycles. The van der Waals surface area contributed by atoms with Crippen LogP contribution in [-0.4, -0.2) is 42.3 Å². The van der Waals surface area contributed by atoms with Gasteiger partial charge in [0.15, 0.2) is 17.3 Å². The second-order valence-electron chi connectivity index (χ2n) is 8.53. The zero-order valence-corrected chi connectivity index (χ0v) is 21.3. The minimum Gasteiger partial charge on any atom is -0.507 e. The maximum absolute atomic E-state index is 13.3. The van der Waals surface area contributed by atoms with Gasteiger partial charge in [0.1, 0.15) is 17.3 Å². The van der Waals surface area contributed by atoms with Crippen LogP contribution in [0.15, 0.2) is 58.6 Å². The average molecular weight is 507 g/mol. The number of aryl methyl sites for hydroxylation is 1. The topological polar surface area (TPSA) is 111 Å². The molecule has 3 aromatic rings. The standard InChI is InChI=1S/C28H30N2O7/c1-5-7-14-36-21-13-10-19(16-22(21)34-4)25-24(26(31)18-8-11-20(12-9-18)35-6-2)27(32)28(33)30(25)23-15-17(3)37-29-23/h8-13,15-16,25,31H,5-7,14H2,1-4H3. The lowest BCUT2D eigenvalue weighted by atomic mass is 9.95. The van der Waals surface area contributed by atoms with Crippen LogP contribution in [-0.2, 0) is 9.59 Å².